The molecule has 0 unspecified atom stereocenters. The SMILES string of the molecule is C[C@@H]1CN(CC(=O)Nc2nc3ccc(Sc4nnc5ccc(C6CC6)nn45)cc3s2)C[C@H](C)O1. The van der Waals surface area contributed by atoms with Crippen LogP contribution in [0.25, 0.3) is 15.9 Å². The number of amides is 1. The predicted molar refractivity (Wildman–Crippen MR) is 132 cm³/mol. The quantitative estimate of drug-likeness (QED) is 0.431. The molecule has 3 aromatic heterocycles. The zero-order valence-corrected chi connectivity index (χ0v) is 20.6. The molecule has 34 heavy (non-hydrogen) atoms. The number of nitrogens with one attached hydrogen (secondary N) is 1. The molecular formula is C23H25N7O2S2. The van der Waals surface area contributed by atoms with Gasteiger partial charge in [0.25, 0.3) is 0 Å². The Morgan fingerprint density at radius 2 is 2.00 bits per heavy atom. The summed E-state index contributed by atoms with van der Waals surface area (Å²) >= 11 is 3.00. The summed E-state index contributed by atoms with van der Waals surface area (Å²) < 4.78 is 8.58. The Morgan fingerprint density at radius 3 is 2.79 bits per heavy atom. The first-order valence-corrected chi connectivity index (χ1v) is 13.1. The van der Waals surface area contributed by atoms with Crippen LogP contribution in [0, 0.1) is 0 Å². The van der Waals surface area contributed by atoms with Crippen LogP contribution in [0.2, 0.25) is 0 Å². The lowest BCUT2D eigenvalue weighted by Gasteiger charge is -2.34. The lowest BCUT2D eigenvalue weighted by atomic mass is 10.2. The van der Waals surface area contributed by atoms with Gasteiger partial charge < -0.3 is 10.1 Å². The normalized spacial score (nSPS) is 21.4. The Balaban J connectivity index is 1.15. The summed E-state index contributed by atoms with van der Waals surface area (Å²) in [5.41, 5.74) is 2.71. The molecule has 1 N–H and O–H groups in total. The Labute approximate surface area is 204 Å². The molecule has 2 atom stereocenters. The van der Waals surface area contributed by atoms with Crippen LogP contribution in [0.1, 0.15) is 38.3 Å². The second-order valence-corrected chi connectivity index (χ2v) is 11.1. The Hall–Kier alpha value is -2.60. The van der Waals surface area contributed by atoms with E-state index in [1.165, 1.54) is 35.9 Å². The average molecular weight is 496 g/mol. The summed E-state index contributed by atoms with van der Waals surface area (Å²) in [6.45, 7) is 5.92. The summed E-state index contributed by atoms with van der Waals surface area (Å²) in [6.07, 6.45) is 2.67. The number of carbonyl (C=O) groups is 1. The van der Waals surface area contributed by atoms with Crippen LogP contribution in [0.3, 0.4) is 0 Å². The fraction of sp³-hybridized carbons (Fsp3) is 0.435. The highest BCUT2D eigenvalue weighted by atomic mass is 32.2. The number of morpholine rings is 1. The van der Waals surface area contributed by atoms with Crippen LogP contribution < -0.4 is 5.32 Å². The zero-order chi connectivity index (χ0) is 23.2. The van der Waals surface area contributed by atoms with E-state index in [0.717, 1.165) is 44.7 Å². The van der Waals surface area contributed by atoms with E-state index >= 15 is 0 Å². The predicted octanol–water partition coefficient (Wildman–Crippen LogP) is 3.81. The zero-order valence-electron chi connectivity index (χ0n) is 19.0. The number of hydrogen-bond acceptors (Lipinski definition) is 9. The third-order valence-corrected chi connectivity index (χ3v) is 7.79. The molecule has 0 spiro atoms. The number of aromatic nitrogens is 5. The summed E-state index contributed by atoms with van der Waals surface area (Å²) in [5, 5.41) is 17.7. The van der Waals surface area contributed by atoms with Crippen LogP contribution >= 0.6 is 23.1 Å². The Morgan fingerprint density at radius 1 is 1.18 bits per heavy atom. The maximum absolute atomic E-state index is 12.6. The number of benzene rings is 1. The van der Waals surface area contributed by atoms with E-state index in [4.69, 9.17) is 9.84 Å². The van der Waals surface area contributed by atoms with Crippen molar-refractivity contribution in [3.8, 4) is 0 Å². The second-order valence-electron chi connectivity index (χ2n) is 9.04. The van der Waals surface area contributed by atoms with E-state index in [0.29, 0.717) is 17.6 Å². The number of nitrogens with zero attached hydrogens (tertiary/aromatic N) is 6. The number of rotatable bonds is 6. The van der Waals surface area contributed by atoms with Crippen LogP contribution in [-0.4, -0.2) is 67.4 Å². The average Bonchev–Trinajstić information content (AvgIpc) is 3.45. The summed E-state index contributed by atoms with van der Waals surface area (Å²) in [7, 11) is 0. The maximum atomic E-state index is 12.6. The topological polar surface area (TPSA) is 97.5 Å². The lowest BCUT2D eigenvalue weighted by molar-refractivity contribution is -0.121. The smallest absolute Gasteiger partial charge is 0.240 e. The van der Waals surface area contributed by atoms with Crippen molar-refractivity contribution in [2.45, 2.75) is 54.9 Å². The molecule has 9 nitrogen and oxygen atoms in total. The van der Waals surface area contributed by atoms with E-state index < -0.39 is 0 Å². The van der Waals surface area contributed by atoms with Gasteiger partial charge in [0, 0.05) is 23.9 Å². The van der Waals surface area contributed by atoms with Gasteiger partial charge in [-0.15, -0.1) is 10.2 Å². The monoisotopic (exact) mass is 495 g/mol. The molecule has 2 aliphatic rings. The molecule has 1 saturated heterocycles. The van der Waals surface area contributed by atoms with Crippen molar-refractivity contribution >= 4 is 50.0 Å². The van der Waals surface area contributed by atoms with Gasteiger partial charge in [0.05, 0.1) is 34.7 Å². The van der Waals surface area contributed by atoms with Crippen LogP contribution in [0.5, 0.6) is 0 Å². The van der Waals surface area contributed by atoms with E-state index in [9.17, 15) is 4.79 Å². The molecule has 1 aliphatic carbocycles. The molecule has 0 radical (unpaired) electrons. The number of fused-ring (bicyclic) bond motifs is 2. The molecule has 1 aliphatic heterocycles. The molecule has 6 rings (SSSR count). The molecule has 0 bridgehead atoms. The number of hydrogen-bond donors (Lipinski definition) is 1. The van der Waals surface area contributed by atoms with Crippen molar-refractivity contribution in [3.05, 3.63) is 36.0 Å². The van der Waals surface area contributed by atoms with Gasteiger partial charge in [0.1, 0.15) is 0 Å². The molecule has 4 aromatic rings. The van der Waals surface area contributed by atoms with Crippen molar-refractivity contribution in [1.82, 2.24) is 29.7 Å². The lowest BCUT2D eigenvalue weighted by Crippen LogP contribution is -2.48. The highest BCUT2D eigenvalue weighted by molar-refractivity contribution is 7.99. The Kier molecular flexibility index (Phi) is 5.72. The van der Waals surface area contributed by atoms with Crippen LogP contribution in [-0.2, 0) is 9.53 Å². The molecule has 11 heteroatoms. The largest absolute Gasteiger partial charge is 0.373 e. The first kappa shape index (κ1) is 21.9. The van der Waals surface area contributed by atoms with Crippen LogP contribution in [0.4, 0.5) is 5.13 Å². The molecule has 176 valence electrons. The van der Waals surface area contributed by atoms with Crippen molar-refractivity contribution < 1.29 is 9.53 Å². The van der Waals surface area contributed by atoms with Gasteiger partial charge >= 0.3 is 0 Å². The minimum atomic E-state index is -0.0533. The van der Waals surface area contributed by atoms with Gasteiger partial charge in [-0.3, -0.25) is 9.69 Å². The number of ether oxygens (including phenoxy) is 1. The molecule has 1 aromatic carbocycles. The van der Waals surface area contributed by atoms with Gasteiger partial charge in [-0.2, -0.15) is 9.61 Å². The first-order valence-electron chi connectivity index (χ1n) is 11.5. The van der Waals surface area contributed by atoms with Crippen molar-refractivity contribution in [2.75, 3.05) is 25.0 Å². The standard InChI is InChI=1S/C23H25N7O2S2/c1-13-10-29(11-14(2)32-13)12-21(31)25-22-24-18-6-5-16(9-19(18)34-22)33-23-27-26-20-8-7-17(15-3-4-15)28-30(20)23/h5-9,13-15H,3-4,10-12H2,1-2H3,(H,24,25,31)/t13-,14+. The molecule has 2 fully saturated rings. The van der Waals surface area contributed by atoms with Gasteiger partial charge in [-0.1, -0.05) is 11.3 Å². The fourth-order valence-corrected chi connectivity index (χ4v) is 6.17. The van der Waals surface area contributed by atoms with E-state index in [2.05, 4.69) is 37.5 Å². The summed E-state index contributed by atoms with van der Waals surface area (Å²) in [4.78, 5) is 20.3. The van der Waals surface area contributed by atoms with Crippen molar-refractivity contribution in [2.24, 2.45) is 0 Å². The molecule has 1 amide bonds. The third-order valence-electron chi connectivity index (χ3n) is 5.93. The second kappa shape index (κ2) is 8.88. The van der Waals surface area contributed by atoms with E-state index in [1.807, 2.05) is 36.6 Å². The van der Waals surface area contributed by atoms with Gasteiger partial charge in [-0.05, 0) is 68.8 Å². The summed E-state index contributed by atoms with van der Waals surface area (Å²) in [5.74, 6) is 0.518. The maximum Gasteiger partial charge on any atom is 0.240 e. The van der Waals surface area contributed by atoms with Gasteiger partial charge in [0.2, 0.25) is 11.1 Å². The van der Waals surface area contributed by atoms with Gasteiger partial charge in [-0.25, -0.2) is 4.98 Å². The third kappa shape index (κ3) is 4.65. The highest BCUT2D eigenvalue weighted by Crippen LogP contribution is 2.39. The fourth-order valence-electron chi connectivity index (χ4n) is 4.35. The molecular weight excluding hydrogens is 470 g/mol. The molecule has 4 heterocycles. The number of thiazole rings is 1. The highest BCUT2D eigenvalue weighted by Gasteiger charge is 2.26. The minimum Gasteiger partial charge on any atom is -0.373 e. The van der Waals surface area contributed by atoms with Crippen LogP contribution in [0.15, 0.2) is 40.4 Å². The van der Waals surface area contributed by atoms with Crippen molar-refractivity contribution in [3.63, 3.8) is 0 Å². The molecule has 1 saturated carbocycles. The van der Waals surface area contributed by atoms with Gasteiger partial charge in [0.15, 0.2) is 10.8 Å². The van der Waals surface area contributed by atoms with E-state index in [1.54, 1.807) is 0 Å². The Bertz CT molecular complexity index is 1360. The van der Waals surface area contributed by atoms with E-state index in [-0.39, 0.29) is 18.1 Å². The minimum absolute atomic E-state index is 0.0533. The first-order chi connectivity index (χ1) is 16.5. The van der Waals surface area contributed by atoms with Crippen molar-refractivity contribution in [1.29, 1.82) is 0 Å². The summed E-state index contributed by atoms with van der Waals surface area (Å²) in [6, 6.07) is 10.1. The number of carbonyl (C=O) groups excluding carboxylic acids is 1. The number of anilines is 1.